The van der Waals surface area contributed by atoms with Crippen molar-refractivity contribution in [1.82, 2.24) is 24.4 Å². The second-order valence-electron chi connectivity index (χ2n) is 7.07. The second kappa shape index (κ2) is 8.30. The van der Waals surface area contributed by atoms with Gasteiger partial charge in [-0.05, 0) is 26.0 Å². The monoisotopic (exact) mass is 392 g/mol. The highest BCUT2D eigenvalue weighted by atomic mass is 16.5. The molecule has 4 rings (SSSR count). The zero-order valence-electron chi connectivity index (χ0n) is 16.7. The normalized spacial score (nSPS) is 14.1. The number of hydrogen-bond donors (Lipinski definition) is 0. The lowest BCUT2D eigenvalue weighted by molar-refractivity contribution is -0.133. The van der Waals surface area contributed by atoms with E-state index in [0.717, 1.165) is 30.3 Å². The number of carbonyl (C=O) groups is 1. The van der Waals surface area contributed by atoms with Crippen LogP contribution in [0.5, 0.6) is 5.75 Å². The topological polar surface area (TPSA) is 76.4 Å². The van der Waals surface area contributed by atoms with Gasteiger partial charge in [0.05, 0.1) is 0 Å². The lowest BCUT2D eigenvalue weighted by atomic mass is 10.2. The third-order valence-corrected chi connectivity index (χ3v) is 4.92. The molecular formula is C21H24N6O2. The third kappa shape index (κ3) is 4.53. The SMILES string of the molecule is Cc1ccc(OCC(=O)N2CCN(c3cc(-n4ccnc4)nc(C)n3)CC2)cc1. The summed E-state index contributed by atoms with van der Waals surface area (Å²) >= 11 is 0. The maximum absolute atomic E-state index is 12.5. The zero-order valence-corrected chi connectivity index (χ0v) is 16.7. The van der Waals surface area contributed by atoms with E-state index >= 15 is 0 Å². The highest BCUT2D eigenvalue weighted by Gasteiger charge is 2.23. The zero-order chi connectivity index (χ0) is 20.2. The largest absolute Gasteiger partial charge is 0.484 e. The van der Waals surface area contributed by atoms with Gasteiger partial charge in [0.25, 0.3) is 5.91 Å². The number of piperazine rings is 1. The summed E-state index contributed by atoms with van der Waals surface area (Å²) in [4.78, 5) is 29.6. The van der Waals surface area contributed by atoms with Crippen molar-refractivity contribution in [2.75, 3.05) is 37.7 Å². The Kier molecular flexibility index (Phi) is 5.41. The van der Waals surface area contributed by atoms with E-state index in [0.29, 0.717) is 24.7 Å². The van der Waals surface area contributed by atoms with Crippen molar-refractivity contribution < 1.29 is 9.53 Å². The van der Waals surface area contributed by atoms with Gasteiger partial charge in [0.1, 0.15) is 29.5 Å². The third-order valence-electron chi connectivity index (χ3n) is 4.92. The average molecular weight is 392 g/mol. The lowest BCUT2D eigenvalue weighted by Gasteiger charge is -2.35. The molecular weight excluding hydrogens is 368 g/mol. The maximum Gasteiger partial charge on any atom is 0.260 e. The predicted octanol–water partition coefficient (Wildman–Crippen LogP) is 2.01. The molecule has 0 atom stereocenters. The Morgan fingerprint density at radius 1 is 1.03 bits per heavy atom. The molecule has 0 N–H and O–H groups in total. The average Bonchev–Trinajstić information content (AvgIpc) is 3.28. The number of amides is 1. The van der Waals surface area contributed by atoms with Crippen LogP contribution in [0.3, 0.4) is 0 Å². The number of hydrogen-bond acceptors (Lipinski definition) is 6. The van der Waals surface area contributed by atoms with Gasteiger partial charge in [-0.3, -0.25) is 9.36 Å². The van der Waals surface area contributed by atoms with Crippen molar-refractivity contribution in [3.8, 4) is 11.6 Å². The molecule has 8 nitrogen and oxygen atoms in total. The van der Waals surface area contributed by atoms with Crippen LogP contribution in [0.1, 0.15) is 11.4 Å². The molecule has 29 heavy (non-hydrogen) atoms. The Bertz CT molecular complexity index is 963. The molecule has 1 fully saturated rings. The summed E-state index contributed by atoms with van der Waals surface area (Å²) in [6.45, 7) is 6.67. The summed E-state index contributed by atoms with van der Waals surface area (Å²) in [7, 11) is 0. The van der Waals surface area contributed by atoms with E-state index in [1.807, 2.05) is 59.8 Å². The Morgan fingerprint density at radius 2 is 1.76 bits per heavy atom. The molecule has 1 aliphatic rings. The molecule has 1 aliphatic heterocycles. The van der Waals surface area contributed by atoms with Crippen LogP contribution in [-0.2, 0) is 4.79 Å². The fourth-order valence-corrected chi connectivity index (χ4v) is 3.28. The number of aromatic nitrogens is 4. The molecule has 0 bridgehead atoms. The maximum atomic E-state index is 12.5. The quantitative estimate of drug-likeness (QED) is 0.661. The molecule has 1 saturated heterocycles. The minimum atomic E-state index is 0.00296. The van der Waals surface area contributed by atoms with Crippen molar-refractivity contribution in [3.63, 3.8) is 0 Å². The molecule has 1 aromatic carbocycles. The summed E-state index contributed by atoms with van der Waals surface area (Å²) in [6.07, 6.45) is 5.30. The molecule has 8 heteroatoms. The molecule has 0 radical (unpaired) electrons. The van der Waals surface area contributed by atoms with Crippen LogP contribution in [0.4, 0.5) is 5.82 Å². The number of rotatable bonds is 5. The van der Waals surface area contributed by atoms with E-state index in [2.05, 4.69) is 19.9 Å². The Labute approximate surface area is 169 Å². The summed E-state index contributed by atoms with van der Waals surface area (Å²) < 4.78 is 7.49. The number of anilines is 1. The van der Waals surface area contributed by atoms with Crippen LogP contribution in [0.15, 0.2) is 49.1 Å². The number of aryl methyl sites for hydroxylation is 2. The van der Waals surface area contributed by atoms with E-state index in [-0.39, 0.29) is 12.5 Å². The molecule has 150 valence electrons. The van der Waals surface area contributed by atoms with Crippen molar-refractivity contribution in [1.29, 1.82) is 0 Å². The molecule has 3 aromatic rings. The van der Waals surface area contributed by atoms with E-state index in [4.69, 9.17) is 4.74 Å². The van der Waals surface area contributed by atoms with Gasteiger partial charge in [0.2, 0.25) is 0 Å². The number of ether oxygens (including phenoxy) is 1. The lowest BCUT2D eigenvalue weighted by Crippen LogP contribution is -2.50. The number of nitrogens with zero attached hydrogens (tertiary/aromatic N) is 6. The van der Waals surface area contributed by atoms with Crippen molar-refractivity contribution >= 4 is 11.7 Å². The van der Waals surface area contributed by atoms with Gasteiger partial charge in [-0.15, -0.1) is 0 Å². The molecule has 0 aliphatic carbocycles. The van der Waals surface area contributed by atoms with Gasteiger partial charge in [-0.25, -0.2) is 15.0 Å². The number of carbonyl (C=O) groups excluding carboxylic acids is 1. The van der Waals surface area contributed by atoms with E-state index in [1.54, 1.807) is 12.5 Å². The molecule has 3 heterocycles. The van der Waals surface area contributed by atoms with Gasteiger partial charge >= 0.3 is 0 Å². The summed E-state index contributed by atoms with van der Waals surface area (Å²) in [6, 6.07) is 9.67. The van der Waals surface area contributed by atoms with Gasteiger partial charge in [-0.2, -0.15) is 0 Å². The molecule has 2 aromatic heterocycles. The molecule has 0 saturated carbocycles. The van der Waals surface area contributed by atoms with Crippen LogP contribution in [0, 0.1) is 13.8 Å². The van der Waals surface area contributed by atoms with Crippen molar-refractivity contribution in [2.45, 2.75) is 13.8 Å². The first-order chi connectivity index (χ1) is 14.1. The Morgan fingerprint density at radius 3 is 2.45 bits per heavy atom. The highest BCUT2D eigenvalue weighted by Crippen LogP contribution is 2.18. The summed E-state index contributed by atoms with van der Waals surface area (Å²) in [5, 5.41) is 0. The summed E-state index contributed by atoms with van der Waals surface area (Å²) in [5.74, 6) is 3.07. The Balaban J connectivity index is 1.34. The van der Waals surface area contributed by atoms with E-state index < -0.39 is 0 Å². The van der Waals surface area contributed by atoms with E-state index in [1.165, 1.54) is 0 Å². The van der Waals surface area contributed by atoms with Gasteiger partial charge < -0.3 is 14.5 Å². The first kappa shape index (κ1) is 18.9. The van der Waals surface area contributed by atoms with Gasteiger partial charge in [-0.1, -0.05) is 17.7 Å². The minimum absolute atomic E-state index is 0.00296. The van der Waals surface area contributed by atoms with Crippen LogP contribution < -0.4 is 9.64 Å². The smallest absolute Gasteiger partial charge is 0.260 e. The number of benzene rings is 1. The van der Waals surface area contributed by atoms with Crippen LogP contribution in [-0.4, -0.2) is 63.1 Å². The number of imidazole rings is 1. The highest BCUT2D eigenvalue weighted by molar-refractivity contribution is 5.78. The fourth-order valence-electron chi connectivity index (χ4n) is 3.28. The predicted molar refractivity (Wildman–Crippen MR) is 109 cm³/mol. The van der Waals surface area contributed by atoms with Crippen molar-refractivity contribution in [3.05, 3.63) is 60.4 Å². The van der Waals surface area contributed by atoms with Gasteiger partial charge in [0.15, 0.2) is 6.61 Å². The molecule has 1 amide bonds. The summed E-state index contributed by atoms with van der Waals surface area (Å²) in [5.41, 5.74) is 1.16. The first-order valence-electron chi connectivity index (χ1n) is 9.65. The second-order valence-corrected chi connectivity index (χ2v) is 7.07. The van der Waals surface area contributed by atoms with Crippen molar-refractivity contribution in [2.24, 2.45) is 0 Å². The van der Waals surface area contributed by atoms with Gasteiger partial charge in [0, 0.05) is 44.6 Å². The van der Waals surface area contributed by atoms with Crippen LogP contribution in [0.25, 0.3) is 5.82 Å². The molecule has 0 unspecified atom stereocenters. The first-order valence-corrected chi connectivity index (χ1v) is 9.65. The van der Waals surface area contributed by atoms with Crippen LogP contribution >= 0.6 is 0 Å². The minimum Gasteiger partial charge on any atom is -0.484 e. The molecule has 0 spiro atoms. The van der Waals surface area contributed by atoms with Crippen LogP contribution in [0.2, 0.25) is 0 Å². The Hall–Kier alpha value is -3.42. The standard InChI is InChI=1S/C21H24N6O2/c1-16-3-5-18(6-4-16)29-14-21(28)26-11-9-25(10-12-26)19-13-20(24-17(2)23-19)27-8-7-22-15-27/h3-8,13,15H,9-12,14H2,1-2H3. The fraction of sp³-hybridized carbons (Fsp3) is 0.333. The van der Waals surface area contributed by atoms with E-state index in [9.17, 15) is 4.79 Å².